The largest absolute Gasteiger partial charge is 0.294 e. The van der Waals surface area contributed by atoms with Crippen molar-refractivity contribution in [2.24, 2.45) is 5.92 Å². The van der Waals surface area contributed by atoms with Gasteiger partial charge in [-0.25, -0.2) is 4.98 Å². The highest BCUT2D eigenvalue weighted by Crippen LogP contribution is 2.35. The standard InChI is InChI=1S/C19H25N3O/c1-14-8-9-18-20-16(11-19(23)22(18)12-14)13-21-10-4-6-15-5-2-3-7-17(15)21/h8-9,11-12,15,17H,2-7,10,13H2,1H3/t15-,17-/m0/s1. The van der Waals surface area contributed by atoms with Crippen molar-refractivity contribution in [2.75, 3.05) is 6.54 Å². The van der Waals surface area contributed by atoms with E-state index in [0.717, 1.165) is 35.9 Å². The molecule has 0 unspecified atom stereocenters. The minimum Gasteiger partial charge on any atom is -0.294 e. The van der Waals surface area contributed by atoms with Crippen LogP contribution >= 0.6 is 0 Å². The SMILES string of the molecule is Cc1ccc2nc(CN3CCC[C@@H]4CCCC[C@@H]43)cc(=O)n2c1. The normalized spacial score (nSPS) is 25.4. The molecule has 122 valence electrons. The fourth-order valence-corrected chi connectivity index (χ4v) is 4.47. The molecule has 0 aromatic carbocycles. The van der Waals surface area contributed by atoms with Gasteiger partial charge >= 0.3 is 0 Å². The third-order valence-electron chi connectivity index (χ3n) is 5.58. The van der Waals surface area contributed by atoms with Crippen LogP contribution in [-0.4, -0.2) is 26.9 Å². The maximum atomic E-state index is 12.4. The summed E-state index contributed by atoms with van der Waals surface area (Å²) in [5.41, 5.74) is 2.79. The molecule has 2 fully saturated rings. The van der Waals surface area contributed by atoms with Crippen LogP contribution in [0.4, 0.5) is 0 Å². The van der Waals surface area contributed by atoms with E-state index in [1.807, 2.05) is 25.3 Å². The molecule has 0 bridgehead atoms. The lowest BCUT2D eigenvalue weighted by molar-refractivity contribution is 0.0537. The Balaban J connectivity index is 1.62. The molecule has 23 heavy (non-hydrogen) atoms. The van der Waals surface area contributed by atoms with Crippen LogP contribution in [0.2, 0.25) is 0 Å². The molecule has 1 saturated carbocycles. The van der Waals surface area contributed by atoms with Gasteiger partial charge in [-0.15, -0.1) is 0 Å². The van der Waals surface area contributed by atoms with Crippen LogP contribution in [0.5, 0.6) is 0 Å². The van der Waals surface area contributed by atoms with Crippen molar-refractivity contribution in [1.82, 2.24) is 14.3 Å². The van der Waals surface area contributed by atoms with Crippen LogP contribution < -0.4 is 5.56 Å². The van der Waals surface area contributed by atoms with Crippen molar-refractivity contribution < 1.29 is 0 Å². The highest BCUT2D eigenvalue weighted by molar-refractivity contribution is 5.39. The van der Waals surface area contributed by atoms with Crippen LogP contribution in [0.3, 0.4) is 0 Å². The van der Waals surface area contributed by atoms with Crippen molar-refractivity contribution >= 4 is 5.65 Å². The zero-order chi connectivity index (χ0) is 15.8. The smallest absolute Gasteiger partial charge is 0.258 e. The number of piperidine rings is 1. The summed E-state index contributed by atoms with van der Waals surface area (Å²) in [5.74, 6) is 0.863. The number of pyridine rings is 1. The first-order chi connectivity index (χ1) is 11.2. The predicted octanol–water partition coefficient (Wildman–Crippen LogP) is 3.16. The van der Waals surface area contributed by atoms with Gasteiger partial charge in [0.15, 0.2) is 0 Å². The maximum absolute atomic E-state index is 12.4. The summed E-state index contributed by atoms with van der Waals surface area (Å²) >= 11 is 0. The van der Waals surface area contributed by atoms with E-state index in [0.29, 0.717) is 6.04 Å². The monoisotopic (exact) mass is 311 g/mol. The minimum atomic E-state index is 0.0332. The molecule has 2 aromatic heterocycles. The van der Waals surface area contributed by atoms with Gasteiger partial charge in [0, 0.05) is 24.8 Å². The maximum Gasteiger partial charge on any atom is 0.258 e. The van der Waals surface area contributed by atoms with Crippen molar-refractivity contribution in [2.45, 2.75) is 58.0 Å². The Labute approximate surface area is 137 Å². The van der Waals surface area contributed by atoms with Gasteiger partial charge < -0.3 is 0 Å². The Morgan fingerprint density at radius 1 is 1.17 bits per heavy atom. The quantitative estimate of drug-likeness (QED) is 0.855. The molecule has 1 aliphatic carbocycles. The fraction of sp³-hybridized carbons (Fsp3) is 0.579. The van der Waals surface area contributed by atoms with Gasteiger partial charge in [0.05, 0.1) is 5.69 Å². The second-order valence-corrected chi connectivity index (χ2v) is 7.24. The molecule has 3 heterocycles. The Morgan fingerprint density at radius 2 is 2.00 bits per heavy atom. The Kier molecular flexibility index (Phi) is 3.93. The van der Waals surface area contributed by atoms with Gasteiger partial charge in [-0.3, -0.25) is 14.1 Å². The highest BCUT2D eigenvalue weighted by Gasteiger charge is 2.33. The van der Waals surface area contributed by atoms with Gasteiger partial charge in [0.25, 0.3) is 5.56 Å². The molecule has 2 aliphatic rings. The summed E-state index contributed by atoms with van der Waals surface area (Å²) in [5, 5.41) is 0. The number of rotatable bonds is 2. The number of aromatic nitrogens is 2. The third kappa shape index (κ3) is 2.92. The van der Waals surface area contributed by atoms with Crippen LogP contribution in [0.1, 0.15) is 49.8 Å². The lowest BCUT2D eigenvalue weighted by atomic mass is 9.78. The predicted molar refractivity (Wildman–Crippen MR) is 91.6 cm³/mol. The van der Waals surface area contributed by atoms with Crippen LogP contribution in [0, 0.1) is 12.8 Å². The first kappa shape index (κ1) is 14.9. The van der Waals surface area contributed by atoms with E-state index in [1.54, 1.807) is 10.5 Å². The second-order valence-electron chi connectivity index (χ2n) is 7.24. The number of likely N-dealkylation sites (tertiary alicyclic amines) is 1. The number of aryl methyl sites for hydroxylation is 1. The molecule has 2 aromatic rings. The van der Waals surface area contributed by atoms with Gasteiger partial charge in [-0.2, -0.15) is 0 Å². The summed E-state index contributed by atoms with van der Waals surface area (Å²) < 4.78 is 1.65. The van der Waals surface area contributed by atoms with E-state index in [2.05, 4.69) is 4.90 Å². The molecule has 4 heteroatoms. The first-order valence-corrected chi connectivity index (χ1v) is 8.94. The summed E-state index contributed by atoms with van der Waals surface area (Å²) in [6.45, 7) is 3.97. The van der Waals surface area contributed by atoms with Crippen molar-refractivity contribution in [3.05, 3.63) is 46.0 Å². The fourth-order valence-electron chi connectivity index (χ4n) is 4.47. The van der Waals surface area contributed by atoms with E-state index in [1.165, 1.54) is 38.5 Å². The molecule has 4 nitrogen and oxygen atoms in total. The lowest BCUT2D eigenvalue weighted by Crippen LogP contribution is -2.46. The summed E-state index contributed by atoms with van der Waals surface area (Å²) in [6.07, 6.45) is 9.98. The van der Waals surface area contributed by atoms with Gasteiger partial charge in [0.2, 0.25) is 0 Å². The summed E-state index contributed by atoms with van der Waals surface area (Å²) in [7, 11) is 0. The molecule has 0 radical (unpaired) electrons. The van der Waals surface area contributed by atoms with Crippen LogP contribution in [-0.2, 0) is 6.54 Å². The van der Waals surface area contributed by atoms with Crippen molar-refractivity contribution in [3.8, 4) is 0 Å². The number of fused-ring (bicyclic) bond motifs is 2. The Hall–Kier alpha value is -1.68. The molecule has 2 atom stereocenters. The van der Waals surface area contributed by atoms with E-state index in [4.69, 9.17) is 4.98 Å². The first-order valence-electron chi connectivity index (χ1n) is 8.94. The lowest BCUT2D eigenvalue weighted by Gasteiger charge is -2.44. The number of hydrogen-bond donors (Lipinski definition) is 0. The van der Waals surface area contributed by atoms with Gasteiger partial charge in [0.1, 0.15) is 5.65 Å². The van der Waals surface area contributed by atoms with Crippen molar-refractivity contribution in [3.63, 3.8) is 0 Å². The van der Waals surface area contributed by atoms with E-state index >= 15 is 0 Å². The number of nitrogens with zero attached hydrogens (tertiary/aromatic N) is 3. The third-order valence-corrected chi connectivity index (χ3v) is 5.58. The second kappa shape index (κ2) is 6.08. The van der Waals surface area contributed by atoms with Gasteiger partial charge in [-0.05, 0) is 56.7 Å². The Bertz CT molecular complexity index is 765. The zero-order valence-electron chi connectivity index (χ0n) is 13.9. The average Bonchev–Trinajstić information content (AvgIpc) is 2.56. The summed E-state index contributed by atoms with van der Waals surface area (Å²) in [4.78, 5) is 19.7. The zero-order valence-corrected chi connectivity index (χ0v) is 13.9. The van der Waals surface area contributed by atoms with Gasteiger partial charge in [-0.1, -0.05) is 18.9 Å². The average molecular weight is 311 g/mol. The molecule has 4 rings (SSSR count). The molecular weight excluding hydrogens is 286 g/mol. The van der Waals surface area contributed by atoms with E-state index in [9.17, 15) is 4.79 Å². The molecule has 1 saturated heterocycles. The molecule has 1 aliphatic heterocycles. The number of hydrogen-bond acceptors (Lipinski definition) is 3. The molecule has 0 N–H and O–H groups in total. The summed E-state index contributed by atoms with van der Waals surface area (Å²) in [6, 6.07) is 6.39. The highest BCUT2D eigenvalue weighted by atomic mass is 16.1. The Morgan fingerprint density at radius 3 is 2.91 bits per heavy atom. The van der Waals surface area contributed by atoms with Crippen LogP contribution in [0.15, 0.2) is 29.2 Å². The van der Waals surface area contributed by atoms with Crippen molar-refractivity contribution in [1.29, 1.82) is 0 Å². The van der Waals surface area contributed by atoms with E-state index in [-0.39, 0.29) is 5.56 Å². The molecular formula is C19H25N3O. The molecule has 0 amide bonds. The topological polar surface area (TPSA) is 37.6 Å². The van der Waals surface area contributed by atoms with Crippen LogP contribution in [0.25, 0.3) is 5.65 Å². The van der Waals surface area contributed by atoms with E-state index < -0.39 is 0 Å². The molecule has 0 spiro atoms. The minimum absolute atomic E-state index is 0.0332.